The van der Waals surface area contributed by atoms with Gasteiger partial charge in [-0.2, -0.15) is 0 Å². The van der Waals surface area contributed by atoms with E-state index in [-0.39, 0.29) is 41.8 Å². The first-order chi connectivity index (χ1) is 12.8. The van der Waals surface area contributed by atoms with Crippen molar-refractivity contribution in [1.29, 1.82) is 0 Å². The Morgan fingerprint density at radius 2 is 1.96 bits per heavy atom. The van der Waals surface area contributed by atoms with Crippen molar-refractivity contribution in [3.05, 3.63) is 71.7 Å². The summed E-state index contributed by atoms with van der Waals surface area (Å²) in [6, 6.07) is 15.6. The Bertz CT molecular complexity index is 937. The molecule has 0 radical (unpaired) electrons. The summed E-state index contributed by atoms with van der Waals surface area (Å²) in [6.45, 7) is 0.790. The third-order valence-corrected chi connectivity index (χ3v) is 5.00. The first-order valence-electron chi connectivity index (χ1n) is 9.03. The molecule has 142 valence electrons. The standard InChI is InChI=1S/C21H23FN4.HI/c1-23-21(26-20-12-17(20)16-7-2-4-8-18(16)22)24-11-10-14-13-25-19-9-5-3-6-15(14)19;/h2-9,13,17,20,25H,10-12H2,1H3,(H2,23,24,26);1H. The summed E-state index contributed by atoms with van der Waals surface area (Å²) in [5.74, 6) is 0.876. The molecular weight excluding hydrogens is 454 g/mol. The van der Waals surface area contributed by atoms with Crippen molar-refractivity contribution in [2.45, 2.75) is 24.8 Å². The van der Waals surface area contributed by atoms with Gasteiger partial charge >= 0.3 is 0 Å². The van der Waals surface area contributed by atoms with Gasteiger partial charge in [-0.1, -0.05) is 36.4 Å². The van der Waals surface area contributed by atoms with Gasteiger partial charge in [-0.25, -0.2) is 4.39 Å². The van der Waals surface area contributed by atoms with Crippen LogP contribution in [0, 0.1) is 5.82 Å². The van der Waals surface area contributed by atoms with Crippen LogP contribution < -0.4 is 10.6 Å². The number of halogens is 2. The Kier molecular flexibility index (Phi) is 6.36. The Morgan fingerprint density at radius 1 is 1.19 bits per heavy atom. The van der Waals surface area contributed by atoms with Crippen LogP contribution in [0.2, 0.25) is 0 Å². The van der Waals surface area contributed by atoms with Crippen molar-refractivity contribution in [2.24, 2.45) is 4.99 Å². The highest BCUT2D eigenvalue weighted by Gasteiger charge is 2.40. The zero-order valence-electron chi connectivity index (χ0n) is 15.2. The van der Waals surface area contributed by atoms with Crippen molar-refractivity contribution >= 4 is 40.8 Å². The third-order valence-electron chi connectivity index (χ3n) is 5.00. The summed E-state index contributed by atoms with van der Waals surface area (Å²) in [5.41, 5.74) is 3.24. The van der Waals surface area contributed by atoms with E-state index < -0.39 is 0 Å². The molecule has 1 aliphatic carbocycles. The quantitative estimate of drug-likeness (QED) is 0.293. The highest BCUT2D eigenvalue weighted by atomic mass is 127. The summed E-state index contributed by atoms with van der Waals surface area (Å²) >= 11 is 0. The summed E-state index contributed by atoms with van der Waals surface area (Å²) in [7, 11) is 1.77. The van der Waals surface area contributed by atoms with Gasteiger partial charge in [-0.3, -0.25) is 4.99 Å². The van der Waals surface area contributed by atoms with Crippen LogP contribution in [0.4, 0.5) is 4.39 Å². The lowest BCUT2D eigenvalue weighted by molar-refractivity contribution is 0.607. The van der Waals surface area contributed by atoms with E-state index in [0.717, 1.165) is 36.4 Å². The number of aromatic nitrogens is 1. The Hall–Kier alpha value is -2.09. The SMILES string of the molecule is CN=C(NCCc1c[nH]c2ccccc12)NC1CC1c1ccccc1F.I. The van der Waals surface area contributed by atoms with Crippen molar-refractivity contribution in [3.8, 4) is 0 Å². The molecule has 0 saturated heterocycles. The number of aromatic amines is 1. The topological polar surface area (TPSA) is 52.2 Å². The number of H-pyrrole nitrogens is 1. The molecule has 1 aromatic heterocycles. The Balaban J connectivity index is 0.00000210. The normalized spacial score (nSPS) is 18.8. The van der Waals surface area contributed by atoms with Crippen LogP contribution in [0.25, 0.3) is 10.9 Å². The molecular formula is C21H24FIN4. The number of aliphatic imine (C=N–C) groups is 1. The van der Waals surface area contributed by atoms with Crippen LogP contribution in [0.1, 0.15) is 23.5 Å². The van der Waals surface area contributed by atoms with Crippen LogP contribution in [-0.2, 0) is 6.42 Å². The molecule has 0 bridgehead atoms. The predicted octanol–water partition coefficient (Wildman–Crippen LogP) is 4.19. The average molecular weight is 478 g/mol. The fourth-order valence-electron chi connectivity index (χ4n) is 3.50. The van der Waals surface area contributed by atoms with Crippen molar-refractivity contribution in [3.63, 3.8) is 0 Å². The molecule has 3 N–H and O–H groups in total. The van der Waals surface area contributed by atoms with Crippen LogP contribution in [-0.4, -0.2) is 30.6 Å². The van der Waals surface area contributed by atoms with Crippen LogP contribution in [0.15, 0.2) is 59.7 Å². The molecule has 6 heteroatoms. The van der Waals surface area contributed by atoms with E-state index in [1.54, 1.807) is 13.1 Å². The number of nitrogens with zero attached hydrogens (tertiary/aromatic N) is 1. The molecule has 4 nitrogen and oxygen atoms in total. The molecule has 3 aromatic rings. The largest absolute Gasteiger partial charge is 0.361 e. The lowest BCUT2D eigenvalue weighted by Crippen LogP contribution is -2.39. The smallest absolute Gasteiger partial charge is 0.191 e. The van der Waals surface area contributed by atoms with E-state index >= 15 is 0 Å². The van der Waals surface area contributed by atoms with E-state index in [4.69, 9.17) is 0 Å². The molecule has 1 aliphatic rings. The van der Waals surface area contributed by atoms with E-state index in [1.807, 2.05) is 18.2 Å². The first-order valence-corrected chi connectivity index (χ1v) is 9.03. The van der Waals surface area contributed by atoms with E-state index in [9.17, 15) is 4.39 Å². The highest BCUT2D eigenvalue weighted by molar-refractivity contribution is 14.0. The van der Waals surface area contributed by atoms with Gasteiger partial charge in [-0.05, 0) is 36.1 Å². The second kappa shape index (κ2) is 8.73. The maximum atomic E-state index is 13.9. The minimum Gasteiger partial charge on any atom is -0.361 e. The highest BCUT2D eigenvalue weighted by Crippen LogP contribution is 2.41. The van der Waals surface area contributed by atoms with Gasteiger partial charge in [-0.15, -0.1) is 24.0 Å². The second-order valence-corrected chi connectivity index (χ2v) is 6.72. The molecule has 0 aliphatic heterocycles. The molecule has 1 saturated carbocycles. The minimum absolute atomic E-state index is 0. The summed E-state index contributed by atoms with van der Waals surface area (Å²) in [4.78, 5) is 7.60. The number of para-hydroxylation sites is 1. The zero-order chi connectivity index (χ0) is 17.9. The monoisotopic (exact) mass is 478 g/mol. The first kappa shape index (κ1) is 19.7. The van der Waals surface area contributed by atoms with Crippen molar-refractivity contribution in [1.82, 2.24) is 15.6 Å². The van der Waals surface area contributed by atoms with Crippen LogP contribution in [0.3, 0.4) is 0 Å². The molecule has 1 heterocycles. The van der Waals surface area contributed by atoms with Crippen molar-refractivity contribution in [2.75, 3.05) is 13.6 Å². The molecule has 0 amide bonds. The van der Waals surface area contributed by atoms with E-state index in [1.165, 1.54) is 17.0 Å². The molecule has 2 atom stereocenters. The van der Waals surface area contributed by atoms with Gasteiger partial charge in [0, 0.05) is 42.7 Å². The fraction of sp³-hybridized carbons (Fsp3) is 0.286. The summed E-state index contributed by atoms with van der Waals surface area (Å²) in [5, 5.41) is 8.02. The maximum Gasteiger partial charge on any atom is 0.191 e. The minimum atomic E-state index is -0.121. The van der Waals surface area contributed by atoms with Gasteiger partial charge in [0.1, 0.15) is 5.82 Å². The maximum absolute atomic E-state index is 13.9. The summed E-state index contributed by atoms with van der Waals surface area (Å²) < 4.78 is 13.9. The van der Waals surface area contributed by atoms with Crippen LogP contribution >= 0.6 is 24.0 Å². The third kappa shape index (κ3) is 4.43. The number of guanidine groups is 1. The number of rotatable bonds is 5. The van der Waals surface area contributed by atoms with Gasteiger partial charge in [0.25, 0.3) is 0 Å². The summed E-state index contributed by atoms with van der Waals surface area (Å²) in [6.07, 6.45) is 3.91. The van der Waals surface area contributed by atoms with Gasteiger partial charge in [0.2, 0.25) is 0 Å². The lowest BCUT2D eigenvalue weighted by Gasteiger charge is -2.12. The zero-order valence-corrected chi connectivity index (χ0v) is 17.5. The number of hydrogen-bond acceptors (Lipinski definition) is 1. The number of benzene rings is 2. The number of hydrogen-bond donors (Lipinski definition) is 3. The predicted molar refractivity (Wildman–Crippen MR) is 119 cm³/mol. The second-order valence-electron chi connectivity index (χ2n) is 6.72. The molecule has 4 rings (SSSR count). The number of fused-ring (bicyclic) bond motifs is 1. The van der Waals surface area contributed by atoms with Gasteiger partial charge in [0.05, 0.1) is 0 Å². The number of nitrogens with one attached hydrogen (secondary N) is 3. The average Bonchev–Trinajstić information content (AvgIpc) is 3.31. The Labute approximate surface area is 175 Å². The van der Waals surface area contributed by atoms with Gasteiger partial charge in [0.15, 0.2) is 5.96 Å². The van der Waals surface area contributed by atoms with Crippen molar-refractivity contribution < 1.29 is 4.39 Å². The molecule has 2 unspecified atom stereocenters. The fourth-order valence-corrected chi connectivity index (χ4v) is 3.50. The molecule has 0 spiro atoms. The Morgan fingerprint density at radius 3 is 2.78 bits per heavy atom. The van der Waals surface area contributed by atoms with E-state index in [0.29, 0.717) is 0 Å². The lowest BCUT2D eigenvalue weighted by atomic mass is 10.1. The molecule has 1 fully saturated rings. The molecule has 27 heavy (non-hydrogen) atoms. The molecule has 2 aromatic carbocycles. The van der Waals surface area contributed by atoms with Crippen LogP contribution in [0.5, 0.6) is 0 Å². The van der Waals surface area contributed by atoms with E-state index in [2.05, 4.69) is 45.0 Å². The van der Waals surface area contributed by atoms with Gasteiger partial charge < -0.3 is 15.6 Å².